The standard InChI is InChI=1S/C22H24BrN3O2/c23-19-6-4-18-14-21(7-5-17(18)13-19)28-16-20(27)15-25-9-11-26(12-10-25)22-3-1-2-8-24-22/h1-8,13-14,20,27H,9-12,15-16H2/p+2/t20-/m1/s1. The van der Waals surface area contributed by atoms with Gasteiger partial charge in [-0.3, -0.25) is 4.90 Å². The van der Waals surface area contributed by atoms with Gasteiger partial charge < -0.3 is 14.7 Å². The van der Waals surface area contributed by atoms with Crippen LogP contribution in [-0.4, -0.2) is 50.5 Å². The van der Waals surface area contributed by atoms with Crippen LogP contribution in [0.1, 0.15) is 0 Å². The summed E-state index contributed by atoms with van der Waals surface area (Å²) >= 11 is 3.49. The minimum absolute atomic E-state index is 0.321. The molecule has 3 aromatic rings. The smallest absolute Gasteiger partial charge is 0.274 e. The number of aliphatic hydroxyl groups excluding tert-OH is 1. The zero-order chi connectivity index (χ0) is 19.3. The molecule has 2 heterocycles. The second-order valence-electron chi connectivity index (χ2n) is 7.31. The van der Waals surface area contributed by atoms with Gasteiger partial charge in [0, 0.05) is 10.5 Å². The minimum Gasteiger partial charge on any atom is -0.491 e. The lowest BCUT2D eigenvalue weighted by molar-refractivity contribution is -0.903. The Morgan fingerprint density at radius 1 is 1.07 bits per heavy atom. The van der Waals surface area contributed by atoms with Gasteiger partial charge in [-0.25, -0.2) is 4.98 Å². The molecule has 0 spiro atoms. The van der Waals surface area contributed by atoms with Crippen molar-refractivity contribution in [1.82, 2.24) is 0 Å². The van der Waals surface area contributed by atoms with Crippen LogP contribution in [0.15, 0.2) is 65.3 Å². The third-order valence-electron chi connectivity index (χ3n) is 5.24. The Morgan fingerprint density at radius 3 is 2.64 bits per heavy atom. The first-order chi connectivity index (χ1) is 13.7. The van der Waals surface area contributed by atoms with E-state index in [2.05, 4.69) is 50.1 Å². The van der Waals surface area contributed by atoms with Gasteiger partial charge in [0.25, 0.3) is 5.82 Å². The molecular weight excluding hydrogens is 418 g/mol. The normalized spacial score (nSPS) is 16.3. The summed E-state index contributed by atoms with van der Waals surface area (Å²) in [7, 11) is 0. The first-order valence-electron chi connectivity index (χ1n) is 9.73. The van der Waals surface area contributed by atoms with E-state index >= 15 is 0 Å². The molecule has 0 saturated carbocycles. The average Bonchev–Trinajstić information content (AvgIpc) is 2.73. The van der Waals surface area contributed by atoms with Gasteiger partial charge in [0.1, 0.15) is 51.2 Å². The molecule has 5 nitrogen and oxygen atoms in total. The molecule has 4 rings (SSSR count). The van der Waals surface area contributed by atoms with Crippen molar-refractivity contribution in [3.8, 4) is 5.75 Å². The lowest BCUT2D eigenvalue weighted by Crippen LogP contribution is -3.16. The number of nitrogens with one attached hydrogen (secondary N) is 2. The molecule has 3 N–H and O–H groups in total. The second kappa shape index (κ2) is 8.90. The molecule has 1 aliphatic rings. The number of quaternary nitrogens is 1. The Kier molecular flexibility index (Phi) is 6.10. The monoisotopic (exact) mass is 443 g/mol. The largest absolute Gasteiger partial charge is 0.491 e. The van der Waals surface area contributed by atoms with Crippen molar-refractivity contribution >= 4 is 32.5 Å². The summed E-state index contributed by atoms with van der Waals surface area (Å²) < 4.78 is 6.91. The van der Waals surface area contributed by atoms with Crippen LogP contribution in [-0.2, 0) is 0 Å². The van der Waals surface area contributed by atoms with Crippen LogP contribution in [0.5, 0.6) is 5.75 Å². The number of aliphatic hydroxyl groups is 1. The quantitative estimate of drug-likeness (QED) is 0.607. The van der Waals surface area contributed by atoms with Crippen molar-refractivity contribution in [3.05, 3.63) is 65.3 Å². The molecule has 0 bridgehead atoms. The number of aromatic amines is 1. The molecule has 1 atom stereocenters. The molecular formula is C22H26BrN3O2+2. The summed E-state index contributed by atoms with van der Waals surface area (Å²) in [5, 5.41) is 12.7. The number of aromatic nitrogens is 1. The number of nitrogens with zero attached hydrogens (tertiary/aromatic N) is 1. The van der Waals surface area contributed by atoms with Crippen molar-refractivity contribution in [2.24, 2.45) is 0 Å². The molecule has 1 saturated heterocycles. The lowest BCUT2D eigenvalue weighted by atomic mass is 10.1. The van der Waals surface area contributed by atoms with E-state index in [0.717, 1.165) is 47.6 Å². The van der Waals surface area contributed by atoms with E-state index in [-0.39, 0.29) is 0 Å². The SMILES string of the molecule is O[C@@H](COc1ccc2cc(Br)ccc2c1)C[NH+]1CCN(c2cccc[nH+]2)CC1. The van der Waals surface area contributed by atoms with E-state index in [9.17, 15) is 5.11 Å². The number of fused-ring (bicyclic) bond motifs is 1. The maximum atomic E-state index is 10.4. The topological polar surface area (TPSA) is 51.3 Å². The molecule has 6 heteroatoms. The summed E-state index contributed by atoms with van der Waals surface area (Å²) in [6, 6.07) is 18.4. The van der Waals surface area contributed by atoms with Gasteiger partial charge in [-0.15, -0.1) is 0 Å². The summed E-state index contributed by atoms with van der Waals surface area (Å²) in [5.41, 5.74) is 0. The number of rotatable bonds is 6. The molecule has 0 aliphatic carbocycles. The number of halogens is 1. The lowest BCUT2D eigenvalue weighted by Gasteiger charge is -2.29. The molecule has 0 amide bonds. The second-order valence-corrected chi connectivity index (χ2v) is 8.22. The van der Waals surface area contributed by atoms with Crippen molar-refractivity contribution in [2.75, 3.05) is 44.2 Å². The van der Waals surface area contributed by atoms with Gasteiger partial charge in [0.15, 0.2) is 0 Å². The van der Waals surface area contributed by atoms with Crippen LogP contribution in [0, 0.1) is 0 Å². The van der Waals surface area contributed by atoms with Crippen LogP contribution in [0.25, 0.3) is 10.8 Å². The number of hydrogen-bond donors (Lipinski definition) is 2. The predicted octanol–water partition coefficient (Wildman–Crippen LogP) is 1.56. The van der Waals surface area contributed by atoms with Gasteiger partial charge in [-0.1, -0.05) is 34.1 Å². The summed E-state index contributed by atoms with van der Waals surface area (Å²) in [4.78, 5) is 7.08. The summed E-state index contributed by atoms with van der Waals surface area (Å²) in [6.07, 6.45) is 1.49. The van der Waals surface area contributed by atoms with Gasteiger partial charge >= 0.3 is 0 Å². The van der Waals surface area contributed by atoms with Crippen molar-refractivity contribution in [3.63, 3.8) is 0 Å². The molecule has 146 valence electrons. The van der Waals surface area contributed by atoms with Crippen molar-refractivity contribution in [2.45, 2.75) is 6.10 Å². The molecule has 2 aromatic carbocycles. The average molecular weight is 444 g/mol. The molecule has 28 heavy (non-hydrogen) atoms. The highest BCUT2D eigenvalue weighted by molar-refractivity contribution is 9.10. The summed E-state index contributed by atoms with van der Waals surface area (Å²) in [6.45, 7) is 5.05. The minimum atomic E-state index is -0.467. The highest BCUT2D eigenvalue weighted by atomic mass is 79.9. The van der Waals surface area contributed by atoms with Gasteiger partial charge in [-0.2, -0.15) is 0 Å². The number of anilines is 1. The first-order valence-corrected chi connectivity index (χ1v) is 10.5. The Labute approximate surface area is 173 Å². The maximum Gasteiger partial charge on any atom is 0.274 e. The number of H-pyrrole nitrogens is 1. The zero-order valence-corrected chi connectivity index (χ0v) is 17.4. The molecule has 1 aliphatic heterocycles. The fourth-order valence-corrected chi connectivity index (χ4v) is 4.10. The van der Waals surface area contributed by atoms with Crippen LogP contribution < -0.4 is 19.5 Å². The highest BCUT2D eigenvalue weighted by Crippen LogP contribution is 2.24. The number of pyridine rings is 1. The number of piperazine rings is 1. The van der Waals surface area contributed by atoms with Crippen LogP contribution in [0.3, 0.4) is 0 Å². The number of ether oxygens (including phenoxy) is 1. The van der Waals surface area contributed by atoms with Crippen LogP contribution in [0.4, 0.5) is 5.82 Å². The van der Waals surface area contributed by atoms with Crippen molar-refractivity contribution < 1.29 is 19.7 Å². The Balaban J connectivity index is 1.25. The fourth-order valence-electron chi connectivity index (χ4n) is 3.72. The van der Waals surface area contributed by atoms with Gasteiger partial charge in [0.2, 0.25) is 0 Å². The van der Waals surface area contributed by atoms with Crippen LogP contribution in [0.2, 0.25) is 0 Å². The summed E-state index contributed by atoms with van der Waals surface area (Å²) in [5.74, 6) is 1.96. The predicted molar refractivity (Wildman–Crippen MR) is 114 cm³/mol. The molecule has 1 aromatic heterocycles. The first kappa shape index (κ1) is 19.2. The van der Waals surface area contributed by atoms with Gasteiger partial charge in [0.05, 0.1) is 6.20 Å². The highest BCUT2D eigenvalue weighted by Gasteiger charge is 2.27. The maximum absolute atomic E-state index is 10.4. The van der Waals surface area contributed by atoms with E-state index in [4.69, 9.17) is 4.74 Å². The van der Waals surface area contributed by atoms with Crippen LogP contribution >= 0.6 is 15.9 Å². The van der Waals surface area contributed by atoms with E-state index in [1.54, 1.807) is 0 Å². The molecule has 0 radical (unpaired) electrons. The van der Waals surface area contributed by atoms with E-state index in [0.29, 0.717) is 13.2 Å². The van der Waals surface area contributed by atoms with Crippen molar-refractivity contribution in [1.29, 1.82) is 0 Å². The Hall–Kier alpha value is -2.15. The fraction of sp³-hybridized carbons (Fsp3) is 0.318. The van der Waals surface area contributed by atoms with E-state index in [1.165, 1.54) is 10.3 Å². The zero-order valence-electron chi connectivity index (χ0n) is 15.8. The van der Waals surface area contributed by atoms with Gasteiger partial charge in [-0.05, 0) is 41.1 Å². The van der Waals surface area contributed by atoms with E-state index in [1.807, 2.05) is 36.5 Å². The Bertz CT molecular complexity index is 914. The Morgan fingerprint density at radius 2 is 1.86 bits per heavy atom. The van der Waals surface area contributed by atoms with E-state index < -0.39 is 6.10 Å². The number of benzene rings is 2. The number of hydrogen-bond acceptors (Lipinski definition) is 3. The third kappa shape index (κ3) is 4.82. The molecule has 0 unspecified atom stereocenters. The molecule has 1 fully saturated rings. The third-order valence-corrected chi connectivity index (χ3v) is 5.74.